The Kier molecular flexibility index (Phi) is 6.21. The van der Waals surface area contributed by atoms with Gasteiger partial charge in [-0.2, -0.15) is 0 Å². The molecule has 7 heteroatoms. The number of anilines is 1. The molecule has 1 atom stereocenters. The van der Waals surface area contributed by atoms with Gasteiger partial charge in [-0.1, -0.05) is 13.0 Å². The highest BCUT2D eigenvalue weighted by Gasteiger charge is 2.28. The van der Waals surface area contributed by atoms with Gasteiger partial charge in [-0.15, -0.1) is 11.3 Å². The van der Waals surface area contributed by atoms with Gasteiger partial charge in [0.05, 0.1) is 12.2 Å². The van der Waals surface area contributed by atoms with Crippen molar-refractivity contribution in [2.24, 2.45) is 5.92 Å². The van der Waals surface area contributed by atoms with Gasteiger partial charge in [0.1, 0.15) is 5.00 Å². The fraction of sp³-hybridized carbons (Fsp3) is 0.421. The molecule has 1 aliphatic rings. The monoisotopic (exact) mass is 389 g/mol. The number of ether oxygens (including phenoxy) is 1. The normalized spacial score (nSPS) is 15.8. The van der Waals surface area contributed by atoms with Gasteiger partial charge in [0, 0.05) is 23.8 Å². The first-order valence-electron chi connectivity index (χ1n) is 8.83. The third-order valence-corrected chi connectivity index (χ3v) is 5.81. The summed E-state index contributed by atoms with van der Waals surface area (Å²) < 4.78 is 5.29. The van der Waals surface area contributed by atoms with Gasteiger partial charge in [-0.25, -0.2) is 4.79 Å². The minimum Gasteiger partial charge on any atom is -0.462 e. The second kappa shape index (κ2) is 8.60. The van der Waals surface area contributed by atoms with Crippen LogP contribution in [0.4, 0.5) is 5.00 Å². The zero-order valence-corrected chi connectivity index (χ0v) is 16.6. The lowest BCUT2D eigenvalue weighted by molar-refractivity contribution is 0.0526. The second-order valence-electron chi connectivity index (χ2n) is 6.45. The molecule has 0 saturated carbocycles. The molecule has 5 nitrogen and oxygen atoms in total. The zero-order chi connectivity index (χ0) is 18.5. The Morgan fingerprint density at radius 3 is 3.08 bits per heavy atom. The number of aromatic nitrogens is 1. The molecule has 138 valence electrons. The zero-order valence-electron chi connectivity index (χ0n) is 15.0. The number of nitrogens with one attached hydrogen (secondary N) is 2. The van der Waals surface area contributed by atoms with Crippen LogP contribution < -0.4 is 10.6 Å². The number of hydrogen-bond donors (Lipinski definition) is 2. The fourth-order valence-electron chi connectivity index (χ4n) is 3.09. The van der Waals surface area contributed by atoms with Crippen LogP contribution in [0.3, 0.4) is 0 Å². The highest BCUT2D eigenvalue weighted by molar-refractivity contribution is 7.80. The van der Waals surface area contributed by atoms with Gasteiger partial charge in [-0.05, 0) is 61.5 Å². The SMILES string of the molecule is CCOC(=O)c1c(NC(=S)NCc2cccnc2)sc2c1CCC(C)C2. The van der Waals surface area contributed by atoms with Gasteiger partial charge in [-0.3, -0.25) is 4.98 Å². The van der Waals surface area contributed by atoms with E-state index in [1.165, 1.54) is 4.88 Å². The number of thiophene rings is 1. The van der Waals surface area contributed by atoms with Crippen LogP contribution in [0.5, 0.6) is 0 Å². The van der Waals surface area contributed by atoms with Gasteiger partial charge >= 0.3 is 5.97 Å². The molecule has 2 aromatic rings. The van der Waals surface area contributed by atoms with Gasteiger partial charge < -0.3 is 15.4 Å². The summed E-state index contributed by atoms with van der Waals surface area (Å²) in [6.45, 7) is 5.02. The minimum atomic E-state index is -0.267. The van der Waals surface area contributed by atoms with Gasteiger partial charge in [0.25, 0.3) is 0 Å². The van der Waals surface area contributed by atoms with E-state index in [4.69, 9.17) is 17.0 Å². The van der Waals surface area contributed by atoms with Crippen molar-refractivity contribution >= 4 is 39.6 Å². The van der Waals surface area contributed by atoms with Crippen LogP contribution >= 0.6 is 23.6 Å². The Hall–Kier alpha value is -1.99. The maximum atomic E-state index is 12.5. The van der Waals surface area contributed by atoms with E-state index in [-0.39, 0.29) is 5.97 Å². The van der Waals surface area contributed by atoms with E-state index in [9.17, 15) is 4.79 Å². The second-order valence-corrected chi connectivity index (χ2v) is 7.96. The van der Waals surface area contributed by atoms with Crippen LogP contribution in [0.2, 0.25) is 0 Å². The van der Waals surface area contributed by atoms with Crippen molar-refractivity contribution in [1.29, 1.82) is 0 Å². The number of carbonyl (C=O) groups excluding carboxylic acids is 1. The van der Waals surface area contributed by atoms with Crippen molar-refractivity contribution in [3.63, 3.8) is 0 Å². The molecule has 1 unspecified atom stereocenters. The third kappa shape index (κ3) is 4.40. The predicted octanol–water partition coefficient (Wildman–Crippen LogP) is 3.93. The van der Waals surface area contributed by atoms with E-state index in [2.05, 4.69) is 22.5 Å². The summed E-state index contributed by atoms with van der Waals surface area (Å²) in [5, 5.41) is 7.65. The van der Waals surface area contributed by atoms with E-state index in [1.807, 2.05) is 19.1 Å². The quantitative estimate of drug-likeness (QED) is 0.597. The Balaban J connectivity index is 1.75. The van der Waals surface area contributed by atoms with Crippen LogP contribution in [-0.2, 0) is 24.1 Å². The molecule has 2 heterocycles. The largest absolute Gasteiger partial charge is 0.462 e. The van der Waals surface area contributed by atoms with Crippen molar-refractivity contribution in [1.82, 2.24) is 10.3 Å². The standard InChI is InChI=1S/C19H23N3O2S2/c1-3-24-18(23)16-14-7-6-12(2)9-15(14)26-17(16)22-19(25)21-11-13-5-4-8-20-10-13/h4-5,8,10,12H,3,6-7,9,11H2,1-2H3,(H2,21,22,25). The first-order chi connectivity index (χ1) is 12.6. The predicted molar refractivity (Wildman–Crippen MR) is 109 cm³/mol. The topological polar surface area (TPSA) is 63.2 Å². The Bertz CT molecular complexity index is 790. The van der Waals surface area contributed by atoms with Crippen LogP contribution in [0.15, 0.2) is 24.5 Å². The van der Waals surface area contributed by atoms with E-state index in [1.54, 1.807) is 23.7 Å². The Morgan fingerprint density at radius 2 is 2.35 bits per heavy atom. The van der Waals surface area contributed by atoms with Gasteiger partial charge in [0.15, 0.2) is 5.11 Å². The molecule has 0 aliphatic heterocycles. The molecule has 0 radical (unpaired) electrons. The number of thiocarbonyl (C=S) groups is 1. The lowest BCUT2D eigenvalue weighted by Gasteiger charge is -2.18. The van der Waals surface area contributed by atoms with Crippen LogP contribution in [0, 0.1) is 5.92 Å². The average Bonchev–Trinajstić information content (AvgIpc) is 2.98. The Morgan fingerprint density at radius 1 is 1.50 bits per heavy atom. The van der Waals surface area contributed by atoms with E-state index < -0.39 is 0 Å². The highest BCUT2D eigenvalue weighted by atomic mass is 32.1. The van der Waals surface area contributed by atoms with Crippen molar-refractivity contribution in [3.05, 3.63) is 46.1 Å². The number of pyridine rings is 1. The smallest absolute Gasteiger partial charge is 0.341 e. The van der Waals surface area contributed by atoms with E-state index in [0.29, 0.717) is 29.7 Å². The van der Waals surface area contributed by atoms with Crippen molar-refractivity contribution < 1.29 is 9.53 Å². The number of esters is 1. The molecule has 3 rings (SSSR count). The number of fused-ring (bicyclic) bond motifs is 1. The lowest BCUT2D eigenvalue weighted by Crippen LogP contribution is -2.28. The molecule has 0 aromatic carbocycles. The van der Waals surface area contributed by atoms with Gasteiger partial charge in [0.2, 0.25) is 0 Å². The summed E-state index contributed by atoms with van der Waals surface area (Å²) in [6, 6.07) is 3.87. The molecule has 0 fully saturated rings. The summed E-state index contributed by atoms with van der Waals surface area (Å²) in [5.74, 6) is 0.372. The maximum Gasteiger partial charge on any atom is 0.341 e. The first-order valence-corrected chi connectivity index (χ1v) is 10.1. The van der Waals surface area contributed by atoms with Crippen LogP contribution in [0.25, 0.3) is 0 Å². The molecule has 2 aromatic heterocycles. The van der Waals surface area contributed by atoms with E-state index in [0.717, 1.165) is 35.4 Å². The summed E-state index contributed by atoms with van der Waals surface area (Å²) in [6.07, 6.45) is 6.55. The molecular formula is C19H23N3O2S2. The fourth-order valence-corrected chi connectivity index (χ4v) is 4.73. The Labute approximate surface area is 163 Å². The average molecular weight is 390 g/mol. The summed E-state index contributed by atoms with van der Waals surface area (Å²) in [4.78, 5) is 17.9. The molecule has 26 heavy (non-hydrogen) atoms. The number of nitrogens with zero attached hydrogens (tertiary/aromatic N) is 1. The number of carbonyl (C=O) groups is 1. The summed E-state index contributed by atoms with van der Waals surface area (Å²) in [7, 11) is 0. The molecule has 2 N–H and O–H groups in total. The summed E-state index contributed by atoms with van der Waals surface area (Å²) >= 11 is 7.04. The summed E-state index contributed by atoms with van der Waals surface area (Å²) in [5.41, 5.74) is 2.83. The first kappa shape index (κ1) is 18.8. The molecular weight excluding hydrogens is 366 g/mol. The molecule has 1 aliphatic carbocycles. The maximum absolute atomic E-state index is 12.5. The van der Waals surface area contributed by atoms with E-state index >= 15 is 0 Å². The molecule has 0 bridgehead atoms. The molecule has 0 spiro atoms. The lowest BCUT2D eigenvalue weighted by atomic mass is 9.88. The molecule has 0 saturated heterocycles. The van der Waals surface area contributed by atoms with Crippen molar-refractivity contribution in [2.75, 3.05) is 11.9 Å². The number of hydrogen-bond acceptors (Lipinski definition) is 5. The number of rotatable bonds is 5. The van der Waals surface area contributed by atoms with Crippen molar-refractivity contribution in [3.8, 4) is 0 Å². The third-order valence-electron chi connectivity index (χ3n) is 4.39. The highest BCUT2D eigenvalue weighted by Crippen LogP contribution is 2.40. The van der Waals surface area contributed by atoms with Crippen LogP contribution in [0.1, 0.15) is 46.6 Å². The van der Waals surface area contributed by atoms with Crippen molar-refractivity contribution in [2.45, 2.75) is 39.7 Å². The molecule has 0 amide bonds. The minimum absolute atomic E-state index is 0.267. The van der Waals surface area contributed by atoms with Crippen LogP contribution in [-0.4, -0.2) is 22.7 Å².